The predicted molar refractivity (Wildman–Crippen MR) is 81.0 cm³/mol. The van der Waals surface area contributed by atoms with Crippen molar-refractivity contribution >= 4 is 23.3 Å². The maximum Gasteiger partial charge on any atom is 0.339 e. The van der Waals surface area contributed by atoms with Gasteiger partial charge in [0, 0.05) is 34.3 Å². The Balaban J connectivity index is 3.02. The van der Waals surface area contributed by atoms with Gasteiger partial charge in [-0.05, 0) is 19.1 Å². The smallest absolute Gasteiger partial charge is 0.339 e. The first-order valence-electron chi connectivity index (χ1n) is 6.53. The maximum atomic E-state index is 12.0. The standard InChI is InChI=1S/C14H19N3O5/c1-9(13(18)16(4)5)22-14(19)10-6-7-11(15(2)3)12(8-10)17(20)21/h6-9H,1-5H3/t9-/m0/s1. The van der Waals surface area contributed by atoms with Gasteiger partial charge in [0.25, 0.3) is 11.6 Å². The van der Waals surface area contributed by atoms with Crippen molar-refractivity contribution in [1.82, 2.24) is 4.90 Å². The fourth-order valence-electron chi connectivity index (χ4n) is 1.82. The molecule has 0 bridgehead atoms. The van der Waals surface area contributed by atoms with Gasteiger partial charge < -0.3 is 14.5 Å². The second kappa shape index (κ2) is 6.88. The Hall–Kier alpha value is -2.64. The Labute approximate surface area is 128 Å². The lowest BCUT2D eigenvalue weighted by Gasteiger charge is -2.17. The van der Waals surface area contributed by atoms with E-state index < -0.39 is 17.0 Å². The minimum atomic E-state index is -0.963. The van der Waals surface area contributed by atoms with Crippen LogP contribution in [0.3, 0.4) is 0 Å². The first-order valence-corrected chi connectivity index (χ1v) is 6.53. The fourth-order valence-corrected chi connectivity index (χ4v) is 1.82. The van der Waals surface area contributed by atoms with E-state index in [2.05, 4.69) is 0 Å². The van der Waals surface area contributed by atoms with Crippen LogP contribution in [0.4, 0.5) is 11.4 Å². The van der Waals surface area contributed by atoms with E-state index in [1.165, 1.54) is 24.0 Å². The molecule has 8 nitrogen and oxygen atoms in total. The molecule has 120 valence electrons. The molecule has 1 atom stereocenters. The number of nitrogens with zero attached hydrogens (tertiary/aromatic N) is 3. The molecule has 8 heteroatoms. The van der Waals surface area contributed by atoms with E-state index in [1.54, 1.807) is 33.1 Å². The van der Waals surface area contributed by atoms with Gasteiger partial charge in [-0.2, -0.15) is 0 Å². The number of hydrogen-bond donors (Lipinski definition) is 0. The van der Waals surface area contributed by atoms with Crippen molar-refractivity contribution in [3.63, 3.8) is 0 Å². The minimum absolute atomic E-state index is 0.0238. The van der Waals surface area contributed by atoms with Crippen LogP contribution in [0, 0.1) is 10.1 Å². The minimum Gasteiger partial charge on any atom is -0.449 e. The Bertz CT molecular complexity index is 598. The number of likely N-dealkylation sites (N-methyl/N-ethyl adjacent to an activating group) is 1. The summed E-state index contributed by atoms with van der Waals surface area (Å²) in [6, 6.07) is 4.04. The number of carbonyl (C=O) groups excluding carboxylic acids is 2. The molecule has 1 rings (SSSR count). The van der Waals surface area contributed by atoms with Crippen molar-refractivity contribution in [1.29, 1.82) is 0 Å². The van der Waals surface area contributed by atoms with Gasteiger partial charge in [0.1, 0.15) is 5.69 Å². The molecule has 1 amide bonds. The molecule has 0 aromatic heterocycles. The number of hydrogen-bond acceptors (Lipinski definition) is 6. The van der Waals surface area contributed by atoms with Crippen LogP contribution in [0.5, 0.6) is 0 Å². The van der Waals surface area contributed by atoms with E-state index in [1.807, 2.05) is 0 Å². The van der Waals surface area contributed by atoms with Crippen molar-refractivity contribution in [3.8, 4) is 0 Å². The molecular formula is C14H19N3O5. The third kappa shape index (κ3) is 3.94. The number of ether oxygens (including phenoxy) is 1. The summed E-state index contributed by atoms with van der Waals surface area (Å²) in [5, 5.41) is 11.1. The van der Waals surface area contributed by atoms with Gasteiger partial charge in [-0.25, -0.2) is 4.79 Å². The van der Waals surface area contributed by atoms with Crippen LogP contribution in [0.15, 0.2) is 18.2 Å². The molecule has 0 unspecified atom stereocenters. The van der Waals surface area contributed by atoms with E-state index in [0.29, 0.717) is 5.69 Å². The lowest BCUT2D eigenvalue weighted by molar-refractivity contribution is -0.384. The van der Waals surface area contributed by atoms with Gasteiger partial charge in [-0.15, -0.1) is 0 Å². The summed E-state index contributed by atoms with van der Waals surface area (Å²) in [4.78, 5) is 37.1. The van der Waals surface area contributed by atoms with Gasteiger partial charge in [0.05, 0.1) is 10.5 Å². The Kier molecular flexibility index (Phi) is 5.44. The highest BCUT2D eigenvalue weighted by molar-refractivity contribution is 5.93. The van der Waals surface area contributed by atoms with Gasteiger partial charge in [0.2, 0.25) is 0 Å². The Morgan fingerprint density at radius 1 is 1.23 bits per heavy atom. The predicted octanol–water partition coefficient (Wildman–Crippen LogP) is 1.29. The van der Waals surface area contributed by atoms with Crippen LogP contribution in [0.2, 0.25) is 0 Å². The molecule has 0 N–H and O–H groups in total. The van der Waals surface area contributed by atoms with Crippen LogP contribution in [0.25, 0.3) is 0 Å². The highest BCUT2D eigenvalue weighted by Crippen LogP contribution is 2.28. The lowest BCUT2D eigenvalue weighted by Crippen LogP contribution is -2.34. The van der Waals surface area contributed by atoms with Crippen LogP contribution in [0.1, 0.15) is 17.3 Å². The average Bonchev–Trinajstić information content (AvgIpc) is 2.45. The summed E-state index contributed by atoms with van der Waals surface area (Å²) in [6.45, 7) is 1.45. The normalized spacial score (nSPS) is 11.5. The van der Waals surface area contributed by atoms with Crippen molar-refractivity contribution in [2.24, 2.45) is 0 Å². The molecule has 0 aliphatic rings. The van der Waals surface area contributed by atoms with E-state index in [4.69, 9.17) is 4.74 Å². The number of nitro groups is 1. The zero-order valence-corrected chi connectivity index (χ0v) is 13.2. The molecular weight excluding hydrogens is 290 g/mol. The molecule has 1 aromatic rings. The Morgan fingerprint density at radius 2 is 1.82 bits per heavy atom. The summed E-state index contributed by atoms with van der Waals surface area (Å²) in [6.07, 6.45) is -0.963. The third-order valence-electron chi connectivity index (χ3n) is 2.96. The van der Waals surface area contributed by atoms with Crippen LogP contribution < -0.4 is 4.90 Å². The van der Waals surface area contributed by atoms with E-state index in [0.717, 1.165) is 6.07 Å². The van der Waals surface area contributed by atoms with Gasteiger partial charge in [0.15, 0.2) is 6.10 Å². The Morgan fingerprint density at radius 3 is 2.27 bits per heavy atom. The zero-order chi connectivity index (χ0) is 17.0. The summed E-state index contributed by atoms with van der Waals surface area (Å²) >= 11 is 0. The van der Waals surface area contributed by atoms with Crippen molar-refractivity contribution in [2.75, 3.05) is 33.1 Å². The van der Waals surface area contributed by atoms with Crippen molar-refractivity contribution in [2.45, 2.75) is 13.0 Å². The lowest BCUT2D eigenvalue weighted by atomic mass is 10.1. The number of amides is 1. The molecule has 0 radical (unpaired) electrons. The number of esters is 1. The van der Waals surface area contributed by atoms with E-state index in [-0.39, 0.29) is 17.2 Å². The number of nitro benzene ring substituents is 1. The number of carbonyl (C=O) groups is 2. The molecule has 0 heterocycles. The molecule has 0 aliphatic carbocycles. The second-order valence-corrected chi connectivity index (χ2v) is 5.14. The molecule has 22 heavy (non-hydrogen) atoms. The average molecular weight is 309 g/mol. The molecule has 0 aliphatic heterocycles. The van der Waals surface area contributed by atoms with E-state index in [9.17, 15) is 19.7 Å². The summed E-state index contributed by atoms with van der Waals surface area (Å²) in [7, 11) is 6.42. The maximum absolute atomic E-state index is 12.0. The second-order valence-electron chi connectivity index (χ2n) is 5.14. The number of benzene rings is 1. The molecule has 0 saturated carbocycles. The van der Waals surface area contributed by atoms with Crippen LogP contribution in [-0.2, 0) is 9.53 Å². The third-order valence-corrected chi connectivity index (χ3v) is 2.96. The number of rotatable bonds is 5. The highest BCUT2D eigenvalue weighted by atomic mass is 16.6. The SMILES string of the molecule is C[C@H](OC(=O)c1ccc(N(C)C)c([N+](=O)[O-])c1)C(=O)N(C)C. The van der Waals surface area contributed by atoms with Gasteiger partial charge >= 0.3 is 5.97 Å². The van der Waals surface area contributed by atoms with Crippen molar-refractivity contribution in [3.05, 3.63) is 33.9 Å². The van der Waals surface area contributed by atoms with E-state index >= 15 is 0 Å². The molecule has 0 saturated heterocycles. The summed E-state index contributed by atoms with van der Waals surface area (Å²) in [5.41, 5.74) is 0.195. The molecule has 0 fully saturated rings. The monoisotopic (exact) mass is 309 g/mol. The topological polar surface area (TPSA) is 93.0 Å². The first kappa shape index (κ1) is 17.4. The van der Waals surface area contributed by atoms with Crippen LogP contribution >= 0.6 is 0 Å². The largest absolute Gasteiger partial charge is 0.449 e. The quantitative estimate of drug-likeness (QED) is 0.462. The number of anilines is 1. The molecule has 1 aromatic carbocycles. The summed E-state index contributed by atoms with van der Waals surface area (Å²) in [5.74, 6) is -1.15. The van der Waals surface area contributed by atoms with Crippen LogP contribution in [-0.4, -0.2) is 56.0 Å². The highest BCUT2D eigenvalue weighted by Gasteiger charge is 2.23. The fraction of sp³-hybridized carbons (Fsp3) is 0.429. The van der Waals surface area contributed by atoms with Gasteiger partial charge in [-0.1, -0.05) is 0 Å². The van der Waals surface area contributed by atoms with Crippen molar-refractivity contribution < 1.29 is 19.2 Å². The first-order chi connectivity index (χ1) is 10.1. The molecule has 0 spiro atoms. The summed E-state index contributed by atoms with van der Waals surface area (Å²) < 4.78 is 5.03. The zero-order valence-electron chi connectivity index (χ0n) is 13.2. The van der Waals surface area contributed by atoms with Gasteiger partial charge in [-0.3, -0.25) is 14.9 Å².